The number of nitrogens with zero attached hydrogens (tertiary/aromatic N) is 3. The molecule has 2 aromatic carbocycles. The van der Waals surface area contributed by atoms with Crippen molar-refractivity contribution in [3.63, 3.8) is 0 Å². The molecule has 0 bridgehead atoms. The number of allylic oxidation sites excluding steroid dienone is 1. The molecule has 0 aliphatic carbocycles. The maximum atomic E-state index is 6.66. The zero-order valence-corrected chi connectivity index (χ0v) is 23.9. The third-order valence-corrected chi connectivity index (χ3v) is 8.03. The second-order valence-electron chi connectivity index (χ2n) is 10.3. The number of halogens is 1. The van der Waals surface area contributed by atoms with Gasteiger partial charge in [-0.3, -0.25) is 4.98 Å². The van der Waals surface area contributed by atoms with Crippen LogP contribution in [0.1, 0.15) is 49.7 Å². The third kappa shape index (κ3) is 4.86. The first-order valence-electron chi connectivity index (χ1n) is 12.7. The third-order valence-electron chi connectivity index (χ3n) is 7.42. The highest BCUT2D eigenvalue weighted by molar-refractivity contribution is 7.80. The van der Waals surface area contributed by atoms with Gasteiger partial charge in [-0.1, -0.05) is 29.8 Å². The van der Waals surface area contributed by atoms with Crippen molar-refractivity contribution in [1.82, 2.24) is 10.3 Å². The number of thiocarbonyl (C=S) groups is 1. The molecule has 0 spiro atoms. The molecule has 1 aromatic heterocycles. The lowest BCUT2D eigenvalue weighted by Crippen LogP contribution is -2.42. The lowest BCUT2D eigenvalue weighted by atomic mass is 9.86. The van der Waals surface area contributed by atoms with E-state index in [1.807, 2.05) is 42.6 Å². The molecule has 5 rings (SSSR count). The Morgan fingerprint density at radius 3 is 2.63 bits per heavy atom. The monoisotopic (exact) mass is 548 g/mol. The van der Waals surface area contributed by atoms with Crippen molar-refractivity contribution in [3.05, 3.63) is 88.7 Å². The number of ether oxygens (including phenoxy) is 2. The quantitative estimate of drug-likeness (QED) is 0.265. The summed E-state index contributed by atoms with van der Waals surface area (Å²) in [4.78, 5) is 9.14. The zero-order valence-electron chi connectivity index (χ0n) is 22.4. The lowest BCUT2D eigenvalue weighted by Gasteiger charge is -2.41. The lowest BCUT2D eigenvalue weighted by molar-refractivity contribution is 0.146. The van der Waals surface area contributed by atoms with Crippen LogP contribution in [0, 0.1) is 0 Å². The molecule has 1 N–H and O–H groups in total. The first kappa shape index (κ1) is 26.5. The summed E-state index contributed by atoms with van der Waals surface area (Å²) >= 11 is 12.6. The van der Waals surface area contributed by atoms with Gasteiger partial charge in [0, 0.05) is 37.3 Å². The van der Waals surface area contributed by atoms with Crippen molar-refractivity contribution >= 4 is 45.9 Å². The number of methoxy groups -OCH3 is 1. The first-order chi connectivity index (χ1) is 18.2. The van der Waals surface area contributed by atoms with Gasteiger partial charge in [-0.2, -0.15) is 0 Å². The van der Waals surface area contributed by atoms with E-state index in [9.17, 15) is 0 Å². The number of likely N-dealkylation sites (N-methyl/N-ethyl adjacent to an activating group) is 1. The van der Waals surface area contributed by atoms with Crippen molar-refractivity contribution < 1.29 is 9.47 Å². The summed E-state index contributed by atoms with van der Waals surface area (Å²) in [5.74, 6) is 0.614. The van der Waals surface area contributed by atoms with Crippen LogP contribution in [0.3, 0.4) is 0 Å². The van der Waals surface area contributed by atoms with Crippen LogP contribution >= 0.6 is 23.8 Å². The van der Waals surface area contributed by atoms with Crippen LogP contribution in [0.5, 0.6) is 5.75 Å². The number of pyridine rings is 1. The fraction of sp³-hybridized carbons (Fsp3) is 0.333. The van der Waals surface area contributed by atoms with Crippen LogP contribution in [0.15, 0.2) is 66.9 Å². The number of aromatic nitrogens is 1. The predicted octanol–water partition coefficient (Wildman–Crippen LogP) is 6.57. The molecule has 2 aliphatic rings. The number of hydrogen-bond acceptors (Lipinski definition) is 5. The number of hydrogen-bond donors (Lipinski definition) is 1. The van der Waals surface area contributed by atoms with E-state index in [2.05, 4.69) is 72.2 Å². The molecule has 6 nitrogen and oxygen atoms in total. The molecule has 0 radical (unpaired) electrons. The largest absolute Gasteiger partial charge is 0.490 e. The van der Waals surface area contributed by atoms with Crippen LogP contribution in [0.2, 0.25) is 5.02 Å². The van der Waals surface area contributed by atoms with E-state index < -0.39 is 0 Å². The van der Waals surface area contributed by atoms with Gasteiger partial charge in [-0.25, -0.2) is 0 Å². The molecule has 198 valence electrons. The van der Waals surface area contributed by atoms with Gasteiger partial charge in [0.15, 0.2) is 5.11 Å². The number of anilines is 2. The van der Waals surface area contributed by atoms with Gasteiger partial charge in [0.1, 0.15) is 12.4 Å². The summed E-state index contributed by atoms with van der Waals surface area (Å²) in [7, 11) is 3.79. The average molecular weight is 549 g/mol. The number of benzene rings is 2. The van der Waals surface area contributed by atoms with E-state index in [-0.39, 0.29) is 17.6 Å². The molecule has 38 heavy (non-hydrogen) atoms. The van der Waals surface area contributed by atoms with Crippen molar-refractivity contribution in [3.8, 4) is 5.75 Å². The molecule has 0 saturated carbocycles. The van der Waals surface area contributed by atoms with Gasteiger partial charge in [-0.15, -0.1) is 0 Å². The van der Waals surface area contributed by atoms with Crippen molar-refractivity contribution in [1.29, 1.82) is 0 Å². The summed E-state index contributed by atoms with van der Waals surface area (Å²) in [6.07, 6.45) is 4.15. The van der Waals surface area contributed by atoms with Gasteiger partial charge < -0.3 is 24.6 Å². The Hall–Kier alpha value is -3.13. The van der Waals surface area contributed by atoms with Gasteiger partial charge >= 0.3 is 0 Å². The van der Waals surface area contributed by atoms with E-state index in [1.165, 1.54) is 16.8 Å². The molecule has 1 saturated heterocycles. The van der Waals surface area contributed by atoms with Gasteiger partial charge in [-0.05, 0) is 86.6 Å². The molecule has 2 unspecified atom stereocenters. The zero-order chi connectivity index (χ0) is 27.0. The molecule has 3 aromatic rings. The fourth-order valence-corrected chi connectivity index (χ4v) is 5.90. The Kier molecular flexibility index (Phi) is 7.36. The van der Waals surface area contributed by atoms with Crippen LogP contribution < -0.4 is 19.9 Å². The summed E-state index contributed by atoms with van der Waals surface area (Å²) in [6.45, 7) is 7.57. The smallest absolute Gasteiger partial charge is 0.174 e. The Morgan fingerprint density at radius 1 is 1.11 bits per heavy atom. The fourth-order valence-electron chi connectivity index (χ4n) is 5.32. The minimum Gasteiger partial charge on any atom is -0.490 e. The minimum absolute atomic E-state index is 0.0541. The second-order valence-corrected chi connectivity index (χ2v) is 11.1. The highest BCUT2D eigenvalue weighted by Crippen LogP contribution is 2.46. The molecule has 2 aliphatic heterocycles. The van der Waals surface area contributed by atoms with E-state index in [0.717, 1.165) is 16.9 Å². The summed E-state index contributed by atoms with van der Waals surface area (Å²) < 4.78 is 10.9. The number of fused-ring (bicyclic) bond motifs is 1. The van der Waals surface area contributed by atoms with Gasteiger partial charge in [0.25, 0.3) is 0 Å². The van der Waals surface area contributed by atoms with Gasteiger partial charge in [0.2, 0.25) is 0 Å². The second kappa shape index (κ2) is 10.6. The van der Waals surface area contributed by atoms with Crippen LogP contribution in [0.25, 0.3) is 5.57 Å². The minimum atomic E-state index is -0.139. The number of rotatable bonds is 7. The summed E-state index contributed by atoms with van der Waals surface area (Å²) in [6, 6.07) is 18.2. The van der Waals surface area contributed by atoms with Crippen LogP contribution in [0.4, 0.5) is 11.4 Å². The number of nitrogens with one attached hydrogen (secondary N) is 1. The molecule has 0 amide bonds. The Balaban J connectivity index is 1.58. The van der Waals surface area contributed by atoms with E-state index in [0.29, 0.717) is 29.1 Å². The molecular weight excluding hydrogens is 516 g/mol. The normalized spacial score (nSPS) is 20.2. The van der Waals surface area contributed by atoms with Crippen molar-refractivity contribution in [2.24, 2.45) is 0 Å². The molecule has 2 atom stereocenters. The maximum absolute atomic E-state index is 6.66. The molecule has 8 heteroatoms. The standard InChI is InChI=1S/C30H33ClN4O2S/c1-19-18-30(2,3)34(4)25-11-9-20(16-22(19)25)28-27(24-8-6-7-13-32-24)33-29(38)35(28)21-10-12-26(23(31)17-21)37-15-14-36-5/h6-13,16-18,27-28H,14-15H2,1-5H3,(H,33,38). The summed E-state index contributed by atoms with van der Waals surface area (Å²) in [5, 5.41) is 4.68. The molecule has 1 fully saturated rings. The highest BCUT2D eigenvalue weighted by atomic mass is 35.5. The molecular formula is C30H33ClN4O2S. The topological polar surface area (TPSA) is 49.9 Å². The van der Waals surface area contributed by atoms with Crippen LogP contribution in [-0.4, -0.2) is 43.0 Å². The van der Waals surface area contributed by atoms with E-state index in [1.54, 1.807) is 7.11 Å². The van der Waals surface area contributed by atoms with Gasteiger partial charge in [0.05, 0.1) is 34.9 Å². The Bertz CT molecular complexity index is 1380. The maximum Gasteiger partial charge on any atom is 0.174 e. The molecule has 3 heterocycles. The SMILES string of the molecule is COCCOc1ccc(N2C(=S)NC(c3ccccn3)C2c2ccc3c(c2)C(C)=CC(C)(C)N3C)cc1Cl. The first-order valence-corrected chi connectivity index (χ1v) is 13.5. The Labute approximate surface area is 235 Å². The van der Waals surface area contributed by atoms with Crippen molar-refractivity contribution in [2.75, 3.05) is 37.2 Å². The van der Waals surface area contributed by atoms with E-state index in [4.69, 9.17) is 33.3 Å². The average Bonchev–Trinajstić information content (AvgIpc) is 3.25. The summed E-state index contributed by atoms with van der Waals surface area (Å²) in [5.41, 5.74) is 6.61. The van der Waals surface area contributed by atoms with E-state index >= 15 is 0 Å². The van der Waals surface area contributed by atoms with Crippen molar-refractivity contribution in [2.45, 2.75) is 38.4 Å². The highest BCUT2D eigenvalue weighted by Gasteiger charge is 2.41. The Morgan fingerprint density at radius 2 is 1.92 bits per heavy atom. The van der Waals surface area contributed by atoms with Crippen LogP contribution in [-0.2, 0) is 4.74 Å². The predicted molar refractivity (Wildman–Crippen MR) is 159 cm³/mol.